The monoisotopic (exact) mass is 372 g/mol. The average Bonchev–Trinajstić information content (AvgIpc) is 3.07. The zero-order valence-corrected chi connectivity index (χ0v) is 15.0. The van der Waals surface area contributed by atoms with Gasteiger partial charge in [0.2, 0.25) is 0 Å². The van der Waals surface area contributed by atoms with Crippen LogP contribution in [0.15, 0.2) is 24.3 Å². The van der Waals surface area contributed by atoms with Crippen molar-refractivity contribution in [1.29, 1.82) is 0 Å². The van der Waals surface area contributed by atoms with E-state index in [1.807, 2.05) is 6.92 Å². The molecule has 0 radical (unpaired) electrons. The van der Waals surface area contributed by atoms with Gasteiger partial charge >= 0.3 is 11.9 Å². The second-order valence-electron chi connectivity index (χ2n) is 5.66. The molecule has 0 atom stereocenters. The van der Waals surface area contributed by atoms with Crippen molar-refractivity contribution in [3.63, 3.8) is 0 Å². The van der Waals surface area contributed by atoms with Gasteiger partial charge in [-0.1, -0.05) is 19.1 Å². The van der Waals surface area contributed by atoms with E-state index < -0.39 is 11.9 Å². The van der Waals surface area contributed by atoms with Crippen molar-refractivity contribution in [2.75, 3.05) is 14.2 Å². The molecule has 0 unspecified atom stereocenters. The summed E-state index contributed by atoms with van der Waals surface area (Å²) in [6.07, 6.45) is 0.321. The summed E-state index contributed by atoms with van der Waals surface area (Å²) in [4.78, 5) is 23.9. The predicted octanol–water partition coefficient (Wildman–Crippen LogP) is 1.99. The first-order valence-corrected chi connectivity index (χ1v) is 8.18. The van der Waals surface area contributed by atoms with Gasteiger partial charge in [0.05, 0.1) is 37.6 Å². The molecule has 9 heteroatoms. The smallest absolute Gasteiger partial charge is 0.360 e. The third-order valence-electron chi connectivity index (χ3n) is 4.09. The van der Waals surface area contributed by atoms with Crippen molar-refractivity contribution in [2.45, 2.75) is 19.8 Å². The minimum Gasteiger partial charge on any atom is -0.469 e. The van der Waals surface area contributed by atoms with E-state index in [1.165, 1.54) is 30.9 Å². The number of fused-ring (bicyclic) bond motifs is 1. The van der Waals surface area contributed by atoms with Crippen molar-refractivity contribution < 1.29 is 23.5 Å². The number of benzene rings is 1. The fourth-order valence-corrected chi connectivity index (χ4v) is 2.77. The SMILES string of the molecule is CCc1nn2c(CC(=O)OC)c(C(=O)OC)nnc2c1-c1ccc(F)cc1. The van der Waals surface area contributed by atoms with Gasteiger partial charge in [-0.25, -0.2) is 13.7 Å². The fourth-order valence-electron chi connectivity index (χ4n) is 2.77. The fraction of sp³-hybridized carbons (Fsp3) is 0.278. The maximum Gasteiger partial charge on any atom is 0.360 e. The van der Waals surface area contributed by atoms with E-state index in [1.54, 1.807) is 12.1 Å². The molecule has 0 fully saturated rings. The first-order chi connectivity index (χ1) is 13.0. The number of hydrogen-bond acceptors (Lipinski definition) is 7. The largest absolute Gasteiger partial charge is 0.469 e. The van der Waals surface area contributed by atoms with Crippen LogP contribution in [0, 0.1) is 5.82 Å². The van der Waals surface area contributed by atoms with Crippen molar-refractivity contribution in [3.8, 4) is 11.1 Å². The molecule has 0 aliphatic rings. The van der Waals surface area contributed by atoms with Gasteiger partial charge in [0.1, 0.15) is 5.82 Å². The molecule has 0 aliphatic heterocycles. The number of rotatable bonds is 5. The predicted molar refractivity (Wildman–Crippen MR) is 92.6 cm³/mol. The summed E-state index contributed by atoms with van der Waals surface area (Å²) in [5.74, 6) is -1.66. The van der Waals surface area contributed by atoms with Crippen molar-refractivity contribution in [3.05, 3.63) is 47.2 Å². The van der Waals surface area contributed by atoms with E-state index in [4.69, 9.17) is 9.47 Å². The third kappa shape index (κ3) is 3.35. The Morgan fingerprint density at radius 2 is 1.81 bits per heavy atom. The number of ether oxygens (including phenoxy) is 2. The molecule has 0 saturated carbocycles. The highest BCUT2D eigenvalue weighted by molar-refractivity contribution is 5.90. The Morgan fingerprint density at radius 3 is 2.41 bits per heavy atom. The van der Waals surface area contributed by atoms with E-state index in [-0.39, 0.29) is 23.6 Å². The van der Waals surface area contributed by atoms with Crippen LogP contribution in [-0.4, -0.2) is 46.0 Å². The number of aromatic nitrogens is 4. The first kappa shape index (κ1) is 18.4. The van der Waals surface area contributed by atoms with Crippen molar-refractivity contribution in [2.24, 2.45) is 0 Å². The zero-order chi connectivity index (χ0) is 19.6. The summed E-state index contributed by atoms with van der Waals surface area (Å²) in [5.41, 5.74) is 2.47. The number of carbonyl (C=O) groups excluding carboxylic acids is 2. The molecule has 1 aromatic carbocycles. The molecule has 3 rings (SSSR count). The normalized spacial score (nSPS) is 10.8. The molecule has 2 heterocycles. The minimum absolute atomic E-state index is 0.119. The Kier molecular flexibility index (Phi) is 5.11. The van der Waals surface area contributed by atoms with Crippen LogP contribution in [0.5, 0.6) is 0 Å². The van der Waals surface area contributed by atoms with Crippen molar-refractivity contribution >= 4 is 17.6 Å². The van der Waals surface area contributed by atoms with Gasteiger partial charge in [-0.2, -0.15) is 5.10 Å². The van der Waals surface area contributed by atoms with E-state index in [2.05, 4.69) is 15.3 Å². The Bertz CT molecular complexity index is 1010. The van der Waals surface area contributed by atoms with E-state index in [0.29, 0.717) is 28.9 Å². The summed E-state index contributed by atoms with van der Waals surface area (Å²) in [7, 11) is 2.46. The van der Waals surface area contributed by atoms with Gasteiger partial charge in [-0.3, -0.25) is 4.79 Å². The number of aryl methyl sites for hydroxylation is 1. The molecule has 0 amide bonds. The average molecular weight is 372 g/mol. The number of carbonyl (C=O) groups is 2. The zero-order valence-electron chi connectivity index (χ0n) is 15.0. The molecule has 2 aromatic heterocycles. The minimum atomic E-state index is -0.736. The number of methoxy groups -OCH3 is 2. The lowest BCUT2D eigenvalue weighted by atomic mass is 10.0. The highest BCUT2D eigenvalue weighted by atomic mass is 19.1. The first-order valence-electron chi connectivity index (χ1n) is 8.18. The van der Waals surface area contributed by atoms with Crippen LogP contribution in [0.4, 0.5) is 4.39 Å². The lowest BCUT2D eigenvalue weighted by Crippen LogP contribution is -2.19. The molecule has 8 nitrogen and oxygen atoms in total. The number of hydrogen-bond donors (Lipinski definition) is 0. The van der Waals surface area contributed by atoms with Gasteiger partial charge < -0.3 is 9.47 Å². The summed E-state index contributed by atoms with van der Waals surface area (Å²) >= 11 is 0. The highest BCUT2D eigenvalue weighted by Crippen LogP contribution is 2.29. The maximum absolute atomic E-state index is 13.3. The molecule has 3 aromatic rings. The van der Waals surface area contributed by atoms with Crippen LogP contribution in [0.25, 0.3) is 16.8 Å². The third-order valence-corrected chi connectivity index (χ3v) is 4.09. The maximum atomic E-state index is 13.3. The van der Waals surface area contributed by atoms with Crippen LogP contribution in [0.3, 0.4) is 0 Å². The quantitative estimate of drug-likeness (QED) is 0.632. The molecule has 0 N–H and O–H groups in total. The Hall–Kier alpha value is -3.36. The van der Waals surface area contributed by atoms with Crippen LogP contribution in [-0.2, 0) is 27.1 Å². The molecule has 27 heavy (non-hydrogen) atoms. The second kappa shape index (κ2) is 7.48. The van der Waals surface area contributed by atoms with E-state index in [0.717, 1.165) is 0 Å². The number of halogens is 1. The molecular weight excluding hydrogens is 355 g/mol. The van der Waals surface area contributed by atoms with E-state index >= 15 is 0 Å². The Morgan fingerprint density at radius 1 is 1.11 bits per heavy atom. The standard InChI is InChI=1S/C18H17FN4O4/c1-4-12-15(10-5-7-11(19)8-6-10)17-21-20-16(18(25)27-3)13(23(17)22-12)9-14(24)26-2/h5-8H,4,9H2,1-3H3. The van der Waals surface area contributed by atoms with Gasteiger partial charge in [0.15, 0.2) is 11.3 Å². The second-order valence-corrected chi connectivity index (χ2v) is 5.66. The van der Waals surface area contributed by atoms with Gasteiger partial charge in [0.25, 0.3) is 0 Å². The molecular formula is C18H17FN4O4. The van der Waals surface area contributed by atoms with Crippen LogP contribution < -0.4 is 0 Å². The molecule has 0 bridgehead atoms. The summed E-state index contributed by atoms with van der Waals surface area (Å²) in [6, 6.07) is 5.90. The number of esters is 2. The molecule has 0 saturated heterocycles. The lowest BCUT2D eigenvalue weighted by molar-refractivity contribution is -0.139. The van der Waals surface area contributed by atoms with Crippen LogP contribution in [0.1, 0.15) is 28.8 Å². The molecule has 0 aliphatic carbocycles. The summed E-state index contributed by atoms with van der Waals surface area (Å²) in [6.45, 7) is 1.91. The van der Waals surface area contributed by atoms with E-state index in [9.17, 15) is 14.0 Å². The topological polar surface area (TPSA) is 95.7 Å². The Labute approximate surface area is 153 Å². The molecule has 0 spiro atoms. The van der Waals surface area contributed by atoms with Gasteiger partial charge in [-0.05, 0) is 24.1 Å². The summed E-state index contributed by atoms with van der Waals surface area (Å²) < 4.78 is 24.1. The van der Waals surface area contributed by atoms with Crippen LogP contribution in [0.2, 0.25) is 0 Å². The van der Waals surface area contributed by atoms with Gasteiger partial charge in [0, 0.05) is 0 Å². The highest BCUT2D eigenvalue weighted by Gasteiger charge is 2.25. The van der Waals surface area contributed by atoms with Crippen LogP contribution >= 0.6 is 0 Å². The Balaban J connectivity index is 2.30. The van der Waals surface area contributed by atoms with Gasteiger partial charge in [-0.15, -0.1) is 10.2 Å². The number of nitrogens with zero attached hydrogens (tertiary/aromatic N) is 4. The molecule has 140 valence electrons. The van der Waals surface area contributed by atoms with Crippen molar-refractivity contribution in [1.82, 2.24) is 19.8 Å². The summed E-state index contributed by atoms with van der Waals surface area (Å²) in [5, 5.41) is 12.6. The lowest BCUT2D eigenvalue weighted by Gasteiger charge is -2.08.